The fraction of sp³-hybridized carbons (Fsp3) is 0.263. The maximum atomic E-state index is 13.0. The number of methoxy groups -OCH3 is 1. The first kappa shape index (κ1) is 17.6. The van der Waals surface area contributed by atoms with Gasteiger partial charge in [0.15, 0.2) is 0 Å². The van der Waals surface area contributed by atoms with Gasteiger partial charge >= 0.3 is 0 Å². The molecule has 3 rings (SSSR count). The predicted molar refractivity (Wildman–Crippen MR) is 96.9 cm³/mol. The quantitative estimate of drug-likeness (QED) is 0.795. The van der Waals surface area contributed by atoms with E-state index in [1.54, 1.807) is 48.4 Å². The molecule has 2 atom stereocenters. The summed E-state index contributed by atoms with van der Waals surface area (Å²) in [4.78, 5) is 25.7. The van der Waals surface area contributed by atoms with Crippen LogP contribution < -0.4 is 4.74 Å². The van der Waals surface area contributed by atoms with Crippen LogP contribution in [0.2, 0.25) is 0 Å². The van der Waals surface area contributed by atoms with Gasteiger partial charge in [-0.15, -0.1) is 0 Å². The molecule has 1 saturated heterocycles. The number of halogens is 1. The summed E-state index contributed by atoms with van der Waals surface area (Å²) in [6, 6.07) is 12.0. The van der Waals surface area contributed by atoms with Crippen LogP contribution in [0.1, 0.15) is 38.7 Å². The van der Waals surface area contributed by atoms with E-state index in [0.717, 1.165) is 16.3 Å². The molecule has 1 fully saturated rings. The summed E-state index contributed by atoms with van der Waals surface area (Å²) < 4.78 is 6.02. The Balaban J connectivity index is 1.93. The number of aliphatic hydroxyl groups excluding tert-OH is 1. The first-order valence-electron chi connectivity index (χ1n) is 7.91. The number of aliphatic hydroxyl groups is 1. The summed E-state index contributed by atoms with van der Waals surface area (Å²) in [5.41, 5.74) is 1.89. The lowest BCUT2D eigenvalue weighted by atomic mass is 10.0. The fourth-order valence-electron chi connectivity index (χ4n) is 3.15. The molecule has 0 aliphatic carbocycles. The van der Waals surface area contributed by atoms with E-state index < -0.39 is 6.10 Å². The molecule has 1 aliphatic heterocycles. The Morgan fingerprint density at radius 1 is 1.32 bits per heavy atom. The minimum Gasteiger partial charge on any atom is -0.496 e. The van der Waals surface area contributed by atoms with Crippen molar-refractivity contribution >= 4 is 28.1 Å². The second-order valence-electron chi connectivity index (χ2n) is 6.00. The lowest BCUT2D eigenvalue weighted by molar-refractivity contribution is 0.0715. The predicted octanol–water partition coefficient (Wildman–Crippen LogP) is 3.22. The van der Waals surface area contributed by atoms with Gasteiger partial charge in [0.25, 0.3) is 5.91 Å². The number of benzene rings is 2. The standard InChI is InChI=1S/C19H18BrNO4/c1-25-18-8-14(5-6-16(18)20)19(24)21-10-15(23)9-17(21)13-4-2-3-12(7-13)11-22/h2-8,11,15,17,23H,9-10H2,1H3. The highest BCUT2D eigenvalue weighted by Gasteiger charge is 2.36. The first-order chi connectivity index (χ1) is 12.0. The van der Waals surface area contributed by atoms with Crippen LogP contribution in [-0.4, -0.2) is 42.0 Å². The van der Waals surface area contributed by atoms with E-state index in [-0.39, 0.29) is 18.5 Å². The SMILES string of the molecule is COc1cc(C(=O)N2CC(O)CC2c2cccc(C=O)c2)ccc1Br. The molecular weight excluding hydrogens is 386 g/mol. The van der Waals surface area contributed by atoms with Gasteiger partial charge in [0, 0.05) is 17.7 Å². The van der Waals surface area contributed by atoms with Gasteiger partial charge in [-0.1, -0.05) is 18.2 Å². The van der Waals surface area contributed by atoms with Crippen LogP contribution in [0.5, 0.6) is 5.75 Å². The van der Waals surface area contributed by atoms with Crippen molar-refractivity contribution in [3.05, 3.63) is 63.6 Å². The molecule has 0 bridgehead atoms. The van der Waals surface area contributed by atoms with Gasteiger partial charge in [0.2, 0.25) is 0 Å². The van der Waals surface area contributed by atoms with E-state index >= 15 is 0 Å². The molecule has 25 heavy (non-hydrogen) atoms. The molecule has 1 heterocycles. The number of hydrogen-bond acceptors (Lipinski definition) is 4. The zero-order chi connectivity index (χ0) is 18.0. The van der Waals surface area contributed by atoms with Gasteiger partial charge in [0.1, 0.15) is 12.0 Å². The summed E-state index contributed by atoms with van der Waals surface area (Å²) in [7, 11) is 1.54. The molecule has 1 amide bonds. The van der Waals surface area contributed by atoms with Gasteiger partial charge in [-0.25, -0.2) is 0 Å². The minimum atomic E-state index is -0.591. The molecule has 6 heteroatoms. The molecule has 0 radical (unpaired) electrons. The molecule has 0 aromatic heterocycles. The summed E-state index contributed by atoms with van der Waals surface area (Å²) in [5.74, 6) is 0.397. The van der Waals surface area contributed by atoms with Crippen molar-refractivity contribution in [1.29, 1.82) is 0 Å². The van der Waals surface area contributed by atoms with E-state index in [1.165, 1.54) is 0 Å². The Morgan fingerprint density at radius 3 is 2.84 bits per heavy atom. The monoisotopic (exact) mass is 403 g/mol. The Hall–Kier alpha value is -2.18. The van der Waals surface area contributed by atoms with Crippen LogP contribution in [-0.2, 0) is 0 Å². The van der Waals surface area contributed by atoms with Gasteiger partial charge in [-0.2, -0.15) is 0 Å². The molecular formula is C19H18BrNO4. The molecule has 2 aromatic carbocycles. The van der Waals surface area contributed by atoms with Crippen LogP contribution in [0.25, 0.3) is 0 Å². The summed E-state index contributed by atoms with van der Waals surface area (Å²) in [6.07, 6.45) is 0.633. The largest absolute Gasteiger partial charge is 0.496 e. The van der Waals surface area contributed by atoms with E-state index in [0.29, 0.717) is 23.3 Å². The number of hydrogen-bond donors (Lipinski definition) is 1. The van der Waals surface area contributed by atoms with Crippen molar-refractivity contribution in [3.63, 3.8) is 0 Å². The molecule has 0 spiro atoms. The topological polar surface area (TPSA) is 66.8 Å². The molecule has 0 saturated carbocycles. The number of β-amino-alcohol motifs (C(OH)–C–C–N with tert-alkyl or cyclic N) is 1. The number of aldehydes is 1. The first-order valence-corrected chi connectivity index (χ1v) is 8.70. The van der Waals surface area contributed by atoms with Crippen molar-refractivity contribution < 1.29 is 19.4 Å². The highest BCUT2D eigenvalue weighted by Crippen LogP contribution is 2.35. The fourth-order valence-corrected chi connectivity index (χ4v) is 3.56. The van der Waals surface area contributed by atoms with Gasteiger partial charge in [-0.05, 0) is 52.2 Å². The van der Waals surface area contributed by atoms with E-state index in [1.807, 2.05) is 6.07 Å². The summed E-state index contributed by atoms with van der Waals surface area (Å²) >= 11 is 3.37. The number of likely N-dealkylation sites (tertiary alicyclic amines) is 1. The number of amides is 1. The van der Waals surface area contributed by atoms with E-state index in [9.17, 15) is 14.7 Å². The minimum absolute atomic E-state index is 0.177. The average molecular weight is 404 g/mol. The van der Waals surface area contributed by atoms with Crippen LogP contribution in [0.4, 0.5) is 0 Å². The zero-order valence-corrected chi connectivity index (χ0v) is 15.3. The number of carbonyl (C=O) groups excluding carboxylic acids is 2. The van der Waals surface area contributed by atoms with Gasteiger partial charge in [0.05, 0.1) is 23.7 Å². The molecule has 130 valence electrons. The number of carbonyl (C=O) groups is 2. The van der Waals surface area contributed by atoms with E-state index in [2.05, 4.69) is 15.9 Å². The highest BCUT2D eigenvalue weighted by atomic mass is 79.9. The molecule has 2 unspecified atom stereocenters. The van der Waals surface area contributed by atoms with Crippen molar-refractivity contribution in [2.75, 3.05) is 13.7 Å². The maximum Gasteiger partial charge on any atom is 0.254 e. The smallest absolute Gasteiger partial charge is 0.254 e. The summed E-state index contributed by atoms with van der Waals surface area (Å²) in [6.45, 7) is 0.257. The van der Waals surface area contributed by atoms with Crippen molar-refractivity contribution in [2.45, 2.75) is 18.6 Å². The Kier molecular flexibility index (Phi) is 5.20. The number of nitrogens with zero attached hydrogens (tertiary/aromatic N) is 1. The van der Waals surface area contributed by atoms with Gasteiger partial charge < -0.3 is 14.7 Å². The zero-order valence-electron chi connectivity index (χ0n) is 13.7. The molecule has 5 nitrogen and oxygen atoms in total. The lowest BCUT2D eigenvalue weighted by Gasteiger charge is -2.25. The Morgan fingerprint density at radius 2 is 2.12 bits per heavy atom. The van der Waals surface area contributed by atoms with Crippen molar-refractivity contribution in [3.8, 4) is 5.75 Å². The summed E-state index contributed by atoms with van der Waals surface area (Å²) in [5, 5.41) is 10.1. The Bertz CT molecular complexity index is 808. The molecule has 1 aliphatic rings. The maximum absolute atomic E-state index is 13.0. The molecule has 2 aromatic rings. The molecule has 1 N–H and O–H groups in total. The number of ether oxygens (including phenoxy) is 1. The van der Waals surface area contributed by atoms with Crippen LogP contribution in [0.15, 0.2) is 46.9 Å². The van der Waals surface area contributed by atoms with Crippen LogP contribution in [0, 0.1) is 0 Å². The second kappa shape index (κ2) is 7.37. The number of rotatable bonds is 4. The second-order valence-corrected chi connectivity index (χ2v) is 6.85. The van der Waals surface area contributed by atoms with Gasteiger partial charge in [-0.3, -0.25) is 9.59 Å². The van der Waals surface area contributed by atoms with Crippen LogP contribution >= 0.6 is 15.9 Å². The van der Waals surface area contributed by atoms with Crippen molar-refractivity contribution in [2.24, 2.45) is 0 Å². The third kappa shape index (κ3) is 3.60. The Labute approximate surface area is 154 Å². The van der Waals surface area contributed by atoms with Crippen LogP contribution in [0.3, 0.4) is 0 Å². The highest BCUT2D eigenvalue weighted by molar-refractivity contribution is 9.10. The average Bonchev–Trinajstić information content (AvgIpc) is 3.03. The van der Waals surface area contributed by atoms with Crippen molar-refractivity contribution in [1.82, 2.24) is 4.90 Å². The normalized spacial score (nSPS) is 19.7. The third-order valence-corrected chi connectivity index (χ3v) is 5.02. The van der Waals surface area contributed by atoms with E-state index in [4.69, 9.17) is 4.74 Å². The lowest BCUT2D eigenvalue weighted by Crippen LogP contribution is -2.31. The third-order valence-electron chi connectivity index (χ3n) is 4.37.